The summed E-state index contributed by atoms with van der Waals surface area (Å²) in [5.41, 5.74) is 7.31. The molecule has 5 N–H and O–H groups in total. The maximum absolute atomic E-state index is 12.0. The molecule has 0 aliphatic heterocycles. The van der Waals surface area contributed by atoms with Gasteiger partial charge in [0.2, 0.25) is 5.91 Å². The average Bonchev–Trinajstić information content (AvgIpc) is 3.15. The van der Waals surface area contributed by atoms with Gasteiger partial charge in [0.05, 0.1) is 12.6 Å². The van der Waals surface area contributed by atoms with Gasteiger partial charge in [0.25, 0.3) is 0 Å². The van der Waals surface area contributed by atoms with E-state index in [1.165, 1.54) is 5.56 Å². The fourth-order valence-corrected chi connectivity index (χ4v) is 2.71. The van der Waals surface area contributed by atoms with Crippen molar-refractivity contribution >= 4 is 25.6 Å². The van der Waals surface area contributed by atoms with Crippen molar-refractivity contribution in [2.45, 2.75) is 44.7 Å². The van der Waals surface area contributed by atoms with Gasteiger partial charge < -0.3 is 25.8 Å². The Labute approximate surface area is 176 Å². The van der Waals surface area contributed by atoms with Gasteiger partial charge in [-0.25, -0.2) is 4.68 Å². The zero-order valence-electron chi connectivity index (χ0n) is 16.2. The smallest absolute Gasteiger partial charge is 0.402 e. The number of unbranched alkanes of at least 4 members (excludes halogenated alkanes) is 1. The highest BCUT2D eigenvalue weighted by Crippen LogP contribution is 2.14. The molecule has 1 aromatic heterocycles. The first-order valence-corrected chi connectivity index (χ1v) is 9.36. The molecule has 0 aliphatic rings. The van der Waals surface area contributed by atoms with E-state index in [1.54, 1.807) is 4.68 Å². The molecule has 0 fully saturated rings. The lowest BCUT2D eigenvalue weighted by molar-refractivity contribution is -0.121. The monoisotopic (exact) mass is 426 g/mol. The summed E-state index contributed by atoms with van der Waals surface area (Å²) in [7, 11) is -1.75. The van der Waals surface area contributed by atoms with Crippen molar-refractivity contribution in [2.75, 3.05) is 13.2 Å². The van der Waals surface area contributed by atoms with Crippen LogP contribution in [0.3, 0.4) is 0 Å². The summed E-state index contributed by atoms with van der Waals surface area (Å²) >= 11 is 0. The summed E-state index contributed by atoms with van der Waals surface area (Å²) in [5, 5.41) is 31.6. The summed E-state index contributed by atoms with van der Waals surface area (Å²) in [4.78, 5) is 12.0. The summed E-state index contributed by atoms with van der Waals surface area (Å²) < 4.78 is 6.19. The average molecular weight is 427 g/mol. The minimum Gasteiger partial charge on any atom is -0.402 e. The van der Waals surface area contributed by atoms with Crippen LogP contribution in [0.5, 0.6) is 0 Å². The zero-order chi connectivity index (χ0) is 20.2. The molecule has 0 bridgehead atoms. The molecule has 1 aromatic carbocycles. The second-order valence-corrected chi connectivity index (χ2v) is 6.40. The third kappa shape index (κ3) is 9.81. The van der Waals surface area contributed by atoms with E-state index in [-0.39, 0.29) is 37.4 Å². The molecule has 1 atom stereocenters. The Kier molecular flexibility index (Phi) is 12.1. The third-order valence-corrected chi connectivity index (χ3v) is 4.20. The molecule has 1 heterocycles. The second kappa shape index (κ2) is 14.0. The number of aryl methyl sites for hydroxylation is 1. The molecule has 10 nitrogen and oxygen atoms in total. The van der Waals surface area contributed by atoms with Crippen molar-refractivity contribution in [3.63, 3.8) is 0 Å². The molecule has 0 spiro atoms. The Morgan fingerprint density at radius 3 is 2.76 bits per heavy atom. The van der Waals surface area contributed by atoms with E-state index < -0.39 is 7.32 Å². The van der Waals surface area contributed by atoms with E-state index in [0.717, 1.165) is 12.8 Å². The van der Waals surface area contributed by atoms with Crippen molar-refractivity contribution in [1.29, 1.82) is 0 Å². The second-order valence-electron chi connectivity index (χ2n) is 6.40. The molecule has 2 aromatic rings. The lowest BCUT2D eigenvalue weighted by Crippen LogP contribution is -2.27. The van der Waals surface area contributed by atoms with Crippen LogP contribution in [0.4, 0.5) is 0 Å². The van der Waals surface area contributed by atoms with E-state index in [9.17, 15) is 4.79 Å². The maximum atomic E-state index is 12.0. The fourth-order valence-electron chi connectivity index (χ4n) is 2.71. The molecule has 0 saturated heterocycles. The van der Waals surface area contributed by atoms with Gasteiger partial charge in [-0.15, -0.1) is 17.5 Å². The van der Waals surface area contributed by atoms with Crippen LogP contribution in [-0.4, -0.2) is 56.6 Å². The van der Waals surface area contributed by atoms with Crippen LogP contribution >= 0.6 is 12.4 Å². The predicted octanol–water partition coefficient (Wildman–Crippen LogP) is 0.0001000. The summed E-state index contributed by atoms with van der Waals surface area (Å²) in [6.07, 6.45) is 3.03. The van der Waals surface area contributed by atoms with E-state index >= 15 is 0 Å². The molecular formula is C17H28BClN6O4. The van der Waals surface area contributed by atoms with Gasteiger partial charge in [0, 0.05) is 19.6 Å². The zero-order valence-corrected chi connectivity index (χ0v) is 17.0. The highest BCUT2D eigenvalue weighted by atomic mass is 35.5. The van der Waals surface area contributed by atoms with Crippen LogP contribution < -0.4 is 11.1 Å². The number of nitrogens with one attached hydrogen (secondary N) is 1. The molecule has 1 amide bonds. The number of tetrazole rings is 1. The first kappa shape index (κ1) is 25.0. The molecular weight excluding hydrogens is 398 g/mol. The van der Waals surface area contributed by atoms with Crippen LogP contribution in [0.2, 0.25) is 0 Å². The van der Waals surface area contributed by atoms with Crippen molar-refractivity contribution in [1.82, 2.24) is 25.5 Å². The molecule has 0 radical (unpaired) electrons. The summed E-state index contributed by atoms with van der Waals surface area (Å²) in [6.45, 7) is 1.17. The van der Waals surface area contributed by atoms with Gasteiger partial charge in [-0.3, -0.25) is 4.79 Å². The van der Waals surface area contributed by atoms with Gasteiger partial charge in [-0.05, 0) is 41.7 Å². The normalized spacial score (nSPS) is 11.6. The highest BCUT2D eigenvalue weighted by Gasteiger charge is 2.16. The molecule has 12 heteroatoms. The topological polar surface area (TPSA) is 148 Å². The summed E-state index contributed by atoms with van der Waals surface area (Å²) in [5.74, 6) is 0.464. The minimum absolute atomic E-state index is 0. The number of aromatic nitrogens is 4. The molecule has 29 heavy (non-hydrogen) atoms. The number of carbonyl (C=O) groups excluding carboxylic acids is 1. The van der Waals surface area contributed by atoms with Crippen molar-refractivity contribution < 1.29 is 19.5 Å². The quantitative estimate of drug-likeness (QED) is 0.258. The Morgan fingerprint density at radius 1 is 1.28 bits per heavy atom. The van der Waals surface area contributed by atoms with E-state index in [2.05, 4.69) is 25.5 Å². The Morgan fingerprint density at radius 2 is 2.03 bits per heavy atom. The lowest BCUT2D eigenvalue weighted by Gasteiger charge is -2.12. The first-order chi connectivity index (χ1) is 13.6. The van der Waals surface area contributed by atoms with Crippen LogP contribution in [0.25, 0.3) is 0 Å². The van der Waals surface area contributed by atoms with Crippen molar-refractivity contribution in [2.24, 2.45) is 5.73 Å². The Balaban J connectivity index is 0.00000420. The number of benzene rings is 1. The minimum atomic E-state index is -1.75. The number of nitrogens with two attached hydrogens (primary N) is 1. The first-order valence-electron chi connectivity index (χ1n) is 9.36. The van der Waals surface area contributed by atoms with Gasteiger partial charge in [0.1, 0.15) is 0 Å². The van der Waals surface area contributed by atoms with E-state index in [0.29, 0.717) is 31.8 Å². The summed E-state index contributed by atoms with van der Waals surface area (Å²) in [6, 6.07) is 9.60. The SMILES string of the molecule is Cl.NC(CCCCOB(O)O)c1nnnn1CCC(=O)NCCc1ccccc1. The molecule has 0 saturated carbocycles. The molecule has 0 aliphatic carbocycles. The number of carbonyl (C=O) groups is 1. The van der Waals surface area contributed by atoms with Gasteiger partial charge in [0.15, 0.2) is 5.82 Å². The van der Waals surface area contributed by atoms with Gasteiger partial charge in [-0.2, -0.15) is 0 Å². The third-order valence-electron chi connectivity index (χ3n) is 4.20. The molecule has 160 valence electrons. The number of amides is 1. The molecule has 2 rings (SSSR count). The van der Waals surface area contributed by atoms with E-state index in [4.69, 9.17) is 15.8 Å². The number of halogens is 1. The number of hydrogen-bond donors (Lipinski definition) is 4. The predicted molar refractivity (Wildman–Crippen MR) is 110 cm³/mol. The lowest BCUT2D eigenvalue weighted by atomic mass is 10.1. The van der Waals surface area contributed by atoms with Crippen LogP contribution in [0.1, 0.15) is 43.1 Å². The maximum Gasteiger partial charge on any atom is 0.633 e. The van der Waals surface area contributed by atoms with Gasteiger partial charge in [-0.1, -0.05) is 30.3 Å². The highest BCUT2D eigenvalue weighted by molar-refractivity contribution is 6.32. The number of hydrogen-bond acceptors (Lipinski definition) is 8. The van der Waals surface area contributed by atoms with Crippen molar-refractivity contribution in [3.05, 3.63) is 41.7 Å². The largest absolute Gasteiger partial charge is 0.633 e. The standard InChI is InChI=1S/C17H27BN6O4.ClH/c19-15(8-4-5-13-28-18(26)27)17-21-22-23-24(17)12-10-16(25)20-11-9-14-6-2-1-3-7-14;/h1-3,6-7,15,26-27H,4-5,8-13,19H2,(H,20,25);1H. The fraction of sp³-hybridized carbons (Fsp3) is 0.529. The molecule has 1 unspecified atom stereocenters. The van der Waals surface area contributed by atoms with Crippen molar-refractivity contribution in [3.8, 4) is 0 Å². The Bertz CT molecular complexity index is 706. The Hall–Kier alpha value is -2.05. The van der Waals surface area contributed by atoms with Crippen LogP contribution in [0.15, 0.2) is 30.3 Å². The van der Waals surface area contributed by atoms with Gasteiger partial charge >= 0.3 is 7.32 Å². The number of nitrogens with zero attached hydrogens (tertiary/aromatic N) is 4. The van der Waals surface area contributed by atoms with Crippen LogP contribution in [-0.2, 0) is 22.4 Å². The number of rotatable bonds is 13. The van der Waals surface area contributed by atoms with Crippen LogP contribution in [0, 0.1) is 0 Å². The van der Waals surface area contributed by atoms with E-state index in [1.807, 2.05) is 30.3 Å².